The van der Waals surface area contributed by atoms with E-state index < -0.39 is 9.84 Å². The second-order valence-electron chi connectivity index (χ2n) is 6.67. The van der Waals surface area contributed by atoms with Crippen molar-refractivity contribution < 1.29 is 13.5 Å². The first-order valence-corrected chi connectivity index (χ1v) is 9.79. The molecule has 2 fully saturated rings. The van der Waals surface area contributed by atoms with Crippen LogP contribution < -0.4 is 0 Å². The molecule has 0 aliphatic heterocycles. The normalized spacial score (nSPS) is 31.5. The molecule has 0 aromatic carbocycles. The lowest BCUT2D eigenvalue weighted by molar-refractivity contribution is 0.0721. The highest BCUT2D eigenvalue weighted by Crippen LogP contribution is 2.34. The Morgan fingerprint density at radius 2 is 1.79 bits per heavy atom. The molecule has 112 valence electrons. The Bertz CT molecular complexity index is 371. The molecule has 2 aliphatic carbocycles. The fraction of sp³-hybridized carbons (Fsp3) is 1.00. The molecule has 0 radical (unpaired) electrons. The molecule has 2 saturated carbocycles. The van der Waals surface area contributed by atoms with Crippen molar-refractivity contribution >= 4 is 9.84 Å². The van der Waals surface area contributed by atoms with Gasteiger partial charge in [0.1, 0.15) is 9.84 Å². The van der Waals surface area contributed by atoms with Crippen molar-refractivity contribution in [3.8, 4) is 0 Å². The van der Waals surface area contributed by atoms with Crippen LogP contribution in [0.1, 0.15) is 64.2 Å². The van der Waals surface area contributed by atoms with E-state index in [2.05, 4.69) is 0 Å². The predicted molar refractivity (Wildman–Crippen MR) is 77.8 cm³/mol. The quantitative estimate of drug-likeness (QED) is 0.846. The van der Waals surface area contributed by atoms with Crippen molar-refractivity contribution in [2.75, 3.05) is 6.26 Å². The Labute approximate surface area is 117 Å². The smallest absolute Gasteiger partial charge is 0.150 e. The highest BCUT2D eigenvalue weighted by Gasteiger charge is 2.32. The third-order valence-electron chi connectivity index (χ3n) is 5.16. The molecule has 2 rings (SSSR count). The van der Waals surface area contributed by atoms with Crippen molar-refractivity contribution in [3.63, 3.8) is 0 Å². The molecule has 2 aliphatic rings. The molecule has 4 heteroatoms. The van der Waals surface area contributed by atoms with Crippen LogP contribution in [0, 0.1) is 11.8 Å². The van der Waals surface area contributed by atoms with E-state index in [1.54, 1.807) is 0 Å². The summed E-state index contributed by atoms with van der Waals surface area (Å²) in [6, 6.07) is 0. The van der Waals surface area contributed by atoms with Gasteiger partial charge in [-0.3, -0.25) is 0 Å². The van der Waals surface area contributed by atoms with Crippen LogP contribution in [0.25, 0.3) is 0 Å². The number of rotatable bonds is 5. The van der Waals surface area contributed by atoms with Gasteiger partial charge in [0.15, 0.2) is 0 Å². The van der Waals surface area contributed by atoms with Gasteiger partial charge in [-0.15, -0.1) is 0 Å². The highest BCUT2D eigenvalue weighted by molar-refractivity contribution is 7.91. The molecule has 0 heterocycles. The zero-order valence-corrected chi connectivity index (χ0v) is 12.9. The van der Waals surface area contributed by atoms with Gasteiger partial charge in [0.25, 0.3) is 0 Å². The van der Waals surface area contributed by atoms with Gasteiger partial charge >= 0.3 is 0 Å². The van der Waals surface area contributed by atoms with Crippen LogP contribution in [-0.4, -0.2) is 31.1 Å². The lowest BCUT2D eigenvalue weighted by Crippen LogP contribution is -2.33. The summed E-state index contributed by atoms with van der Waals surface area (Å²) in [5, 5.41) is 10.1. The Balaban J connectivity index is 1.79. The average Bonchev–Trinajstić information content (AvgIpc) is 2.88. The van der Waals surface area contributed by atoms with Crippen LogP contribution in [-0.2, 0) is 9.84 Å². The molecule has 0 amide bonds. The summed E-state index contributed by atoms with van der Waals surface area (Å²) in [5.74, 6) is 1.01. The maximum Gasteiger partial charge on any atom is 0.150 e. The van der Waals surface area contributed by atoms with Gasteiger partial charge in [0.05, 0.1) is 11.4 Å². The monoisotopic (exact) mass is 288 g/mol. The first-order valence-electron chi connectivity index (χ1n) is 7.83. The van der Waals surface area contributed by atoms with Gasteiger partial charge in [-0.05, 0) is 43.9 Å². The fourth-order valence-electron chi connectivity index (χ4n) is 3.86. The van der Waals surface area contributed by atoms with E-state index >= 15 is 0 Å². The topological polar surface area (TPSA) is 54.4 Å². The Morgan fingerprint density at radius 3 is 2.42 bits per heavy atom. The maximum atomic E-state index is 11.6. The molecule has 0 saturated heterocycles. The van der Waals surface area contributed by atoms with Gasteiger partial charge in [-0.2, -0.15) is 0 Å². The number of aliphatic hydroxyl groups excluding tert-OH is 1. The molecule has 0 bridgehead atoms. The van der Waals surface area contributed by atoms with E-state index in [0.717, 1.165) is 38.0 Å². The summed E-state index contributed by atoms with van der Waals surface area (Å²) < 4.78 is 23.3. The van der Waals surface area contributed by atoms with E-state index in [9.17, 15) is 13.5 Å². The summed E-state index contributed by atoms with van der Waals surface area (Å²) in [5.41, 5.74) is 0. The molecule has 3 atom stereocenters. The van der Waals surface area contributed by atoms with Crippen LogP contribution in [0.4, 0.5) is 0 Å². The van der Waals surface area contributed by atoms with Crippen molar-refractivity contribution in [2.45, 2.75) is 75.6 Å². The predicted octanol–water partition coefficient (Wildman–Crippen LogP) is 2.92. The minimum atomic E-state index is -2.93. The second kappa shape index (κ2) is 6.57. The van der Waals surface area contributed by atoms with E-state index in [0.29, 0.717) is 6.42 Å². The molecular weight excluding hydrogens is 260 g/mol. The number of sulfone groups is 1. The van der Waals surface area contributed by atoms with Crippen LogP contribution in [0.5, 0.6) is 0 Å². The molecule has 1 N–H and O–H groups in total. The molecule has 3 nitrogen and oxygen atoms in total. The van der Waals surface area contributed by atoms with Crippen LogP contribution in [0.3, 0.4) is 0 Å². The largest absolute Gasteiger partial charge is 0.393 e. The Morgan fingerprint density at radius 1 is 1.11 bits per heavy atom. The maximum absolute atomic E-state index is 11.6. The summed E-state index contributed by atoms with van der Waals surface area (Å²) in [4.78, 5) is 0. The van der Waals surface area contributed by atoms with E-state index in [1.807, 2.05) is 0 Å². The van der Waals surface area contributed by atoms with E-state index in [-0.39, 0.29) is 17.3 Å². The molecule has 0 aromatic rings. The summed E-state index contributed by atoms with van der Waals surface area (Å²) >= 11 is 0. The first-order chi connectivity index (χ1) is 8.97. The van der Waals surface area contributed by atoms with Gasteiger partial charge in [-0.1, -0.05) is 32.1 Å². The first kappa shape index (κ1) is 15.3. The van der Waals surface area contributed by atoms with Gasteiger partial charge in [-0.25, -0.2) is 8.42 Å². The highest BCUT2D eigenvalue weighted by atomic mass is 32.2. The molecule has 0 spiro atoms. The van der Waals surface area contributed by atoms with Gasteiger partial charge in [0.2, 0.25) is 0 Å². The molecule has 19 heavy (non-hydrogen) atoms. The Hall–Kier alpha value is -0.0900. The van der Waals surface area contributed by atoms with Crippen molar-refractivity contribution in [1.29, 1.82) is 0 Å². The summed E-state index contributed by atoms with van der Waals surface area (Å²) in [7, 11) is -2.93. The second-order valence-corrected chi connectivity index (χ2v) is 9.00. The van der Waals surface area contributed by atoms with Crippen molar-refractivity contribution in [3.05, 3.63) is 0 Å². The standard InChI is InChI=1S/C15H28O3S/c1-19(17,18)14-8-4-7-13(11-14)15(16)10-9-12-5-2-3-6-12/h12-16H,2-11H2,1H3. The molecular formula is C15H28O3S. The van der Waals surface area contributed by atoms with Crippen LogP contribution in [0.2, 0.25) is 0 Å². The Kier molecular flexibility index (Phi) is 5.29. The average molecular weight is 288 g/mol. The zero-order valence-electron chi connectivity index (χ0n) is 12.1. The number of aliphatic hydroxyl groups is 1. The number of hydrogen-bond donors (Lipinski definition) is 1. The minimum absolute atomic E-state index is 0.204. The van der Waals surface area contributed by atoms with E-state index in [1.165, 1.54) is 31.9 Å². The summed E-state index contributed by atoms with van der Waals surface area (Å²) in [6.45, 7) is 0. The number of hydrogen-bond acceptors (Lipinski definition) is 3. The van der Waals surface area contributed by atoms with Crippen molar-refractivity contribution in [1.82, 2.24) is 0 Å². The van der Waals surface area contributed by atoms with Crippen LogP contribution in [0.15, 0.2) is 0 Å². The fourth-order valence-corrected chi connectivity index (χ4v) is 5.05. The lowest BCUT2D eigenvalue weighted by Gasteiger charge is -2.31. The van der Waals surface area contributed by atoms with Crippen LogP contribution >= 0.6 is 0 Å². The lowest BCUT2D eigenvalue weighted by atomic mass is 9.82. The molecule has 3 unspecified atom stereocenters. The molecule has 0 aromatic heterocycles. The zero-order chi connectivity index (χ0) is 13.9. The van der Waals surface area contributed by atoms with Gasteiger partial charge < -0.3 is 5.11 Å². The third-order valence-corrected chi connectivity index (χ3v) is 6.80. The van der Waals surface area contributed by atoms with E-state index in [4.69, 9.17) is 0 Å². The van der Waals surface area contributed by atoms with Crippen molar-refractivity contribution in [2.24, 2.45) is 11.8 Å². The van der Waals surface area contributed by atoms with Gasteiger partial charge in [0, 0.05) is 6.26 Å². The minimum Gasteiger partial charge on any atom is -0.393 e. The summed E-state index contributed by atoms with van der Waals surface area (Å²) in [6.07, 6.45) is 11.8. The SMILES string of the molecule is CS(=O)(=O)C1CCCC(C(O)CCC2CCCC2)C1. The third kappa shape index (κ3) is 4.45.